The molecule has 0 spiro atoms. The molecule has 0 aromatic carbocycles. The Morgan fingerprint density at radius 1 is 1.44 bits per heavy atom. The second kappa shape index (κ2) is 3.78. The highest BCUT2D eigenvalue weighted by Crippen LogP contribution is 2.13. The third-order valence-electron chi connectivity index (χ3n) is 1.28. The highest BCUT2D eigenvalue weighted by Gasteiger charge is 1.97. The summed E-state index contributed by atoms with van der Waals surface area (Å²) in [4.78, 5) is 1.92. The SMILES string of the molecule is CCC(C)=C(Cl)N(C)C. The van der Waals surface area contributed by atoms with Crippen molar-refractivity contribution in [3.63, 3.8) is 0 Å². The average Bonchev–Trinajstić information content (AvgIpc) is 1.84. The molecule has 0 saturated carbocycles. The molecule has 0 aliphatic rings. The van der Waals surface area contributed by atoms with Crippen LogP contribution in [-0.2, 0) is 0 Å². The van der Waals surface area contributed by atoms with Crippen molar-refractivity contribution in [3.05, 3.63) is 10.7 Å². The fourth-order valence-electron chi connectivity index (χ4n) is 0.528. The Morgan fingerprint density at radius 3 is 2.00 bits per heavy atom. The lowest BCUT2D eigenvalue weighted by Gasteiger charge is -2.12. The quantitative estimate of drug-likeness (QED) is 0.543. The van der Waals surface area contributed by atoms with Crippen LogP contribution in [0.15, 0.2) is 10.7 Å². The third kappa shape index (κ3) is 2.75. The van der Waals surface area contributed by atoms with E-state index >= 15 is 0 Å². The molecule has 0 N–H and O–H groups in total. The molecule has 2 heteroatoms. The lowest BCUT2D eigenvalue weighted by atomic mass is 10.2. The lowest BCUT2D eigenvalue weighted by molar-refractivity contribution is 0.538. The van der Waals surface area contributed by atoms with Gasteiger partial charge in [0, 0.05) is 14.1 Å². The van der Waals surface area contributed by atoms with Gasteiger partial charge in [0.25, 0.3) is 0 Å². The number of hydrogen-bond donors (Lipinski definition) is 0. The van der Waals surface area contributed by atoms with Gasteiger partial charge in [0.05, 0.1) is 0 Å². The van der Waals surface area contributed by atoms with E-state index in [1.54, 1.807) is 0 Å². The van der Waals surface area contributed by atoms with Gasteiger partial charge in [-0.1, -0.05) is 18.5 Å². The van der Waals surface area contributed by atoms with Crippen molar-refractivity contribution in [1.29, 1.82) is 0 Å². The number of nitrogens with zero attached hydrogens (tertiary/aromatic N) is 1. The van der Waals surface area contributed by atoms with Crippen LogP contribution in [0.4, 0.5) is 0 Å². The van der Waals surface area contributed by atoms with Gasteiger partial charge in [-0.25, -0.2) is 0 Å². The molecule has 0 saturated heterocycles. The van der Waals surface area contributed by atoms with Gasteiger partial charge in [0.15, 0.2) is 0 Å². The minimum atomic E-state index is 0.859. The minimum Gasteiger partial charge on any atom is -0.369 e. The van der Waals surface area contributed by atoms with Gasteiger partial charge in [-0.3, -0.25) is 0 Å². The van der Waals surface area contributed by atoms with Crippen molar-refractivity contribution in [2.75, 3.05) is 14.1 Å². The third-order valence-corrected chi connectivity index (χ3v) is 1.94. The van der Waals surface area contributed by atoms with Crippen molar-refractivity contribution in [2.24, 2.45) is 0 Å². The largest absolute Gasteiger partial charge is 0.369 e. The Kier molecular flexibility index (Phi) is 3.71. The fraction of sp³-hybridized carbons (Fsp3) is 0.714. The molecule has 0 aromatic rings. The molecule has 0 amide bonds. The maximum absolute atomic E-state index is 5.87. The van der Waals surface area contributed by atoms with Gasteiger partial charge in [-0.15, -0.1) is 0 Å². The molecule has 9 heavy (non-hydrogen) atoms. The van der Waals surface area contributed by atoms with E-state index in [9.17, 15) is 0 Å². The molecule has 54 valence electrons. The summed E-state index contributed by atoms with van der Waals surface area (Å²) in [5.74, 6) is 0. The summed E-state index contributed by atoms with van der Waals surface area (Å²) in [6, 6.07) is 0. The molecule has 0 radical (unpaired) electrons. The molecule has 0 atom stereocenters. The molecule has 1 nitrogen and oxygen atoms in total. The van der Waals surface area contributed by atoms with Crippen molar-refractivity contribution >= 4 is 11.6 Å². The molecule has 0 fully saturated rings. The van der Waals surface area contributed by atoms with Crippen LogP contribution in [0.5, 0.6) is 0 Å². The van der Waals surface area contributed by atoms with Crippen LogP contribution in [0, 0.1) is 0 Å². The highest BCUT2D eigenvalue weighted by molar-refractivity contribution is 6.29. The van der Waals surface area contributed by atoms with Gasteiger partial charge in [0.1, 0.15) is 5.16 Å². The molecule has 0 rings (SSSR count). The summed E-state index contributed by atoms with van der Waals surface area (Å²) < 4.78 is 0. The van der Waals surface area contributed by atoms with Gasteiger partial charge in [0.2, 0.25) is 0 Å². The molecule has 0 aliphatic heterocycles. The number of hydrogen-bond acceptors (Lipinski definition) is 1. The van der Waals surface area contributed by atoms with Crippen molar-refractivity contribution < 1.29 is 0 Å². The summed E-state index contributed by atoms with van der Waals surface area (Å²) >= 11 is 5.87. The van der Waals surface area contributed by atoms with E-state index in [0.29, 0.717) is 0 Å². The van der Waals surface area contributed by atoms with E-state index < -0.39 is 0 Å². The summed E-state index contributed by atoms with van der Waals surface area (Å²) in [5, 5.41) is 0.859. The van der Waals surface area contributed by atoms with Crippen LogP contribution >= 0.6 is 11.6 Å². The van der Waals surface area contributed by atoms with E-state index in [0.717, 1.165) is 11.6 Å². The monoisotopic (exact) mass is 147 g/mol. The zero-order valence-corrected chi connectivity index (χ0v) is 7.29. The fourth-order valence-corrected chi connectivity index (χ4v) is 0.661. The zero-order valence-electron chi connectivity index (χ0n) is 6.53. The Hall–Kier alpha value is -0.170. The maximum Gasteiger partial charge on any atom is 0.103 e. The average molecular weight is 148 g/mol. The molecular formula is C7H14ClN. The molecule has 0 unspecified atom stereocenters. The van der Waals surface area contributed by atoms with E-state index in [2.05, 4.69) is 6.92 Å². The van der Waals surface area contributed by atoms with E-state index in [1.165, 1.54) is 5.57 Å². The van der Waals surface area contributed by atoms with Crippen LogP contribution in [0.25, 0.3) is 0 Å². The first-order valence-electron chi connectivity index (χ1n) is 3.12. The normalized spacial score (nSPS) is 13.0. The van der Waals surface area contributed by atoms with Gasteiger partial charge in [-0.2, -0.15) is 0 Å². The van der Waals surface area contributed by atoms with E-state index in [4.69, 9.17) is 11.6 Å². The summed E-state index contributed by atoms with van der Waals surface area (Å²) in [6.45, 7) is 4.14. The Bertz CT molecular complexity index is 116. The van der Waals surface area contributed by atoms with Gasteiger partial charge >= 0.3 is 0 Å². The first-order valence-corrected chi connectivity index (χ1v) is 3.50. The molecule has 0 bridgehead atoms. The van der Waals surface area contributed by atoms with Crippen LogP contribution in [-0.4, -0.2) is 19.0 Å². The number of allylic oxidation sites excluding steroid dienone is 1. The topological polar surface area (TPSA) is 3.24 Å². The minimum absolute atomic E-state index is 0.859. The van der Waals surface area contributed by atoms with Crippen molar-refractivity contribution in [3.8, 4) is 0 Å². The van der Waals surface area contributed by atoms with Gasteiger partial charge in [-0.05, 0) is 18.9 Å². The predicted molar refractivity (Wildman–Crippen MR) is 42.5 cm³/mol. The predicted octanol–water partition coefficient (Wildman–Crippen LogP) is 2.43. The molecule has 0 aromatic heterocycles. The Balaban J connectivity index is 4.10. The second-order valence-corrected chi connectivity index (χ2v) is 2.68. The first-order chi connectivity index (χ1) is 4.09. The smallest absolute Gasteiger partial charge is 0.103 e. The summed E-state index contributed by atoms with van der Waals surface area (Å²) in [5.41, 5.74) is 1.24. The highest BCUT2D eigenvalue weighted by atomic mass is 35.5. The van der Waals surface area contributed by atoms with E-state index in [-0.39, 0.29) is 0 Å². The van der Waals surface area contributed by atoms with Gasteiger partial charge < -0.3 is 4.90 Å². The van der Waals surface area contributed by atoms with E-state index in [1.807, 2.05) is 25.9 Å². The van der Waals surface area contributed by atoms with Crippen LogP contribution in [0.3, 0.4) is 0 Å². The number of halogens is 1. The van der Waals surface area contributed by atoms with Crippen LogP contribution < -0.4 is 0 Å². The number of rotatable bonds is 2. The standard InChI is InChI=1S/C7H14ClN/c1-5-6(2)7(8)9(3)4/h5H2,1-4H3. The lowest BCUT2D eigenvalue weighted by Crippen LogP contribution is -2.07. The Morgan fingerprint density at radius 2 is 1.89 bits per heavy atom. The van der Waals surface area contributed by atoms with Crippen LogP contribution in [0.1, 0.15) is 20.3 Å². The Labute approximate surface area is 62.3 Å². The first kappa shape index (κ1) is 8.83. The zero-order chi connectivity index (χ0) is 7.44. The molecule has 0 aliphatic carbocycles. The summed E-state index contributed by atoms with van der Waals surface area (Å²) in [6.07, 6.45) is 1.02. The van der Waals surface area contributed by atoms with Crippen molar-refractivity contribution in [1.82, 2.24) is 4.90 Å². The van der Waals surface area contributed by atoms with Crippen LogP contribution in [0.2, 0.25) is 0 Å². The maximum atomic E-state index is 5.87. The molecular weight excluding hydrogens is 134 g/mol. The summed E-state index contributed by atoms with van der Waals surface area (Å²) in [7, 11) is 3.89. The molecule has 0 heterocycles. The van der Waals surface area contributed by atoms with Crippen molar-refractivity contribution in [2.45, 2.75) is 20.3 Å². The second-order valence-electron chi connectivity index (χ2n) is 2.32.